The lowest BCUT2D eigenvalue weighted by Crippen LogP contribution is -2.45. The van der Waals surface area contributed by atoms with Gasteiger partial charge < -0.3 is 14.3 Å². The van der Waals surface area contributed by atoms with Crippen molar-refractivity contribution in [1.82, 2.24) is 20.6 Å². The van der Waals surface area contributed by atoms with E-state index in [-0.39, 0.29) is 0 Å². The number of hydrogen-bond acceptors (Lipinski definition) is 7. The summed E-state index contributed by atoms with van der Waals surface area (Å²) in [6, 6.07) is 17.1. The van der Waals surface area contributed by atoms with Crippen molar-refractivity contribution in [2.24, 2.45) is 0 Å². The molecular formula is C25H24FN5O2. The number of alkyl halides is 1. The van der Waals surface area contributed by atoms with Crippen molar-refractivity contribution in [1.29, 1.82) is 5.26 Å². The minimum absolute atomic E-state index is 0.358. The molecule has 3 heterocycles. The number of ether oxygens (including phenoxy) is 1. The SMILES string of the molecule is CC1=CC(c2ccc(C3(F)CCOCC3)cc2)(c2ncno2)NN1Cc1ccc(C#N)cc1. The van der Waals surface area contributed by atoms with Crippen LogP contribution in [0, 0.1) is 11.3 Å². The number of allylic oxidation sites excluding steroid dienone is 1. The molecule has 1 unspecified atom stereocenters. The molecule has 1 fully saturated rings. The number of hydrogen-bond donors (Lipinski definition) is 1. The maximum atomic E-state index is 15.4. The van der Waals surface area contributed by atoms with E-state index in [2.05, 4.69) is 21.6 Å². The summed E-state index contributed by atoms with van der Waals surface area (Å²) in [5, 5.41) is 14.9. The van der Waals surface area contributed by atoms with Gasteiger partial charge in [0.1, 0.15) is 5.67 Å². The maximum absolute atomic E-state index is 15.4. The fourth-order valence-corrected chi connectivity index (χ4v) is 4.50. The number of benzene rings is 2. The van der Waals surface area contributed by atoms with Crippen LogP contribution in [0.3, 0.4) is 0 Å². The standard InChI is InChI=1S/C25H24FN5O2/c1-18-14-25(23-28-17-29-33-23,30-31(18)16-20-4-2-19(15-27)3-5-20)22-8-6-21(7-9-22)24(26)10-12-32-13-11-24/h2-9,14,17,30H,10-13,16H2,1H3. The van der Waals surface area contributed by atoms with Gasteiger partial charge in [-0.2, -0.15) is 10.2 Å². The first-order valence-corrected chi connectivity index (χ1v) is 10.9. The van der Waals surface area contributed by atoms with E-state index in [1.807, 2.05) is 54.4 Å². The number of nitriles is 1. The molecule has 168 valence electrons. The van der Waals surface area contributed by atoms with Crippen molar-refractivity contribution in [3.05, 3.63) is 94.8 Å². The van der Waals surface area contributed by atoms with Gasteiger partial charge in [0.05, 0.1) is 18.2 Å². The Hall–Kier alpha value is -3.54. The van der Waals surface area contributed by atoms with Gasteiger partial charge in [-0.15, -0.1) is 0 Å². The molecule has 8 heteroatoms. The number of hydrazine groups is 1. The first kappa shape index (κ1) is 21.3. The van der Waals surface area contributed by atoms with Crippen molar-refractivity contribution in [2.45, 2.75) is 37.5 Å². The molecule has 1 N–H and O–H groups in total. The zero-order chi connectivity index (χ0) is 22.9. The molecule has 0 aliphatic carbocycles. The van der Waals surface area contributed by atoms with E-state index in [4.69, 9.17) is 14.5 Å². The van der Waals surface area contributed by atoms with Crippen LogP contribution in [0.1, 0.15) is 47.9 Å². The number of halogens is 1. The van der Waals surface area contributed by atoms with Crippen LogP contribution in [-0.4, -0.2) is 28.4 Å². The Morgan fingerprint density at radius 1 is 1.09 bits per heavy atom. The van der Waals surface area contributed by atoms with Crippen LogP contribution in [0.25, 0.3) is 0 Å². The van der Waals surface area contributed by atoms with Crippen LogP contribution in [0.15, 0.2) is 71.2 Å². The van der Waals surface area contributed by atoms with Gasteiger partial charge in [-0.1, -0.05) is 41.6 Å². The zero-order valence-electron chi connectivity index (χ0n) is 18.3. The maximum Gasteiger partial charge on any atom is 0.257 e. The molecule has 0 radical (unpaired) electrons. The molecule has 0 saturated carbocycles. The van der Waals surface area contributed by atoms with E-state index < -0.39 is 11.2 Å². The van der Waals surface area contributed by atoms with Gasteiger partial charge in [-0.25, -0.2) is 9.82 Å². The highest BCUT2D eigenvalue weighted by Gasteiger charge is 2.44. The third-order valence-corrected chi connectivity index (χ3v) is 6.43. The molecule has 0 amide bonds. The number of aromatic nitrogens is 2. The molecule has 7 nitrogen and oxygen atoms in total. The normalized spacial score (nSPS) is 22.1. The van der Waals surface area contributed by atoms with Gasteiger partial charge in [0.2, 0.25) is 0 Å². The van der Waals surface area contributed by atoms with E-state index in [0.717, 1.165) is 16.8 Å². The fraction of sp³-hybridized carbons (Fsp3) is 0.320. The summed E-state index contributed by atoms with van der Waals surface area (Å²) >= 11 is 0. The lowest BCUT2D eigenvalue weighted by molar-refractivity contribution is -0.0115. The second-order valence-electron chi connectivity index (χ2n) is 8.50. The Labute approximate surface area is 191 Å². The third-order valence-electron chi connectivity index (χ3n) is 6.43. The van der Waals surface area contributed by atoms with Gasteiger partial charge >= 0.3 is 0 Å². The molecule has 33 heavy (non-hydrogen) atoms. The second kappa shape index (κ2) is 8.43. The highest BCUT2D eigenvalue weighted by molar-refractivity contribution is 5.42. The molecule has 0 bridgehead atoms. The van der Waals surface area contributed by atoms with Crippen molar-refractivity contribution in [3.63, 3.8) is 0 Å². The van der Waals surface area contributed by atoms with Crippen molar-refractivity contribution in [3.8, 4) is 6.07 Å². The average Bonchev–Trinajstić information content (AvgIpc) is 3.50. The Kier molecular flexibility index (Phi) is 5.44. The molecule has 1 aromatic heterocycles. The highest BCUT2D eigenvalue weighted by Crippen LogP contribution is 2.40. The number of nitrogens with zero attached hydrogens (tertiary/aromatic N) is 4. The van der Waals surface area contributed by atoms with Crippen LogP contribution in [-0.2, 0) is 22.5 Å². The molecule has 1 saturated heterocycles. The summed E-state index contributed by atoms with van der Waals surface area (Å²) in [5.74, 6) is 0.401. The summed E-state index contributed by atoms with van der Waals surface area (Å²) in [4.78, 5) is 4.33. The third kappa shape index (κ3) is 3.90. The van der Waals surface area contributed by atoms with Crippen molar-refractivity contribution < 1.29 is 13.7 Å². The topological polar surface area (TPSA) is 87.2 Å². The summed E-state index contributed by atoms with van der Waals surface area (Å²) in [7, 11) is 0. The largest absolute Gasteiger partial charge is 0.381 e. The Morgan fingerprint density at radius 3 is 2.42 bits per heavy atom. The minimum Gasteiger partial charge on any atom is -0.381 e. The molecule has 3 aromatic rings. The Morgan fingerprint density at radius 2 is 1.79 bits per heavy atom. The highest BCUT2D eigenvalue weighted by atomic mass is 19.1. The second-order valence-corrected chi connectivity index (χ2v) is 8.50. The van der Waals surface area contributed by atoms with E-state index in [9.17, 15) is 0 Å². The molecule has 2 aliphatic rings. The minimum atomic E-state index is -1.37. The van der Waals surface area contributed by atoms with Crippen molar-refractivity contribution in [2.75, 3.05) is 13.2 Å². The molecular weight excluding hydrogens is 421 g/mol. The quantitative estimate of drug-likeness (QED) is 0.633. The van der Waals surface area contributed by atoms with Crippen LogP contribution >= 0.6 is 0 Å². The van der Waals surface area contributed by atoms with E-state index in [0.29, 0.717) is 49.6 Å². The summed E-state index contributed by atoms with van der Waals surface area (Å²) < 4.78 is 26.3. The summed E-state index contributed by atoms with van der Waals surface area (Å²) in [6.45, 7) is 3.44. The molecule has 5 rings (SSSR count). The Balaban J connectivity index is 1.45. The van der Waals surface area contributed by atoms with Gasteiger partial charge in [0, 0.05) is 31.8 Å². The van der Waals surface area contributed by atoms with Crippen LogP contribution in [0.4, 0.5) is 4.39 Å². The van der Waals surface area contributed by atoms with Gasteiger partial charge in [0.15, 0.2) is 11.9 Å². The predicted molar refractivity (Wildman–Crippen MR) is 118 cm³/mol. The molecule has 1 atom stereocenters. The lowest BCUT2D eigenvalue weighted by Gasteiger charge is -2.32. The van der Waals surface area contributed by atoms with Crippen molar-refractivity contribution >= 4 is 0 Å². The molecule has 2 aromatic carbocycles. The van der Waals surface area contributed by atoms with Crippen LogP contribution in [0.5, 0.6) is 0 Å². The summed E-state index contributed by atoms with van der Waals surface area (Å²) in [6.07, 6.45) is 4.13. The van der Waals surface area contributed by atoms with Crippen LogP contribution in [0.2, 0.25) is 0 Å². The van der Waals surface area contributed by atoms with E-state index >= 15 is 4.39 Å². The molecule has 0 spiro atoms. The van der Waals surface area contributed by atoms with Gasteiger partial charge in [-0.3, -0.25) is 0 Å². The number of nitrogens with one attached hydrogen (secondary N) is 1. The van der Waals surface area contributed by atoms with Gasteiger partial charge in [0.25, 0.3) is 5.89 Å². The summed E-state index contributed by atoms with van der Waals surface area (Å²) in [5.41, 5.74) is 5.46. The fourth-order valence-electron chi connectivity index (χ4n) is 4.50. The first-order valence-electron chi connectivity index (χ1n) is 10.9. The lowest BCUT2D eigenvalue weighted by atomic mass is 9.84. The molecule has 2 aliphatic heterocycles. The predicted octanol–water partition coefficient (Wildman–Crippen LogP) is 4.08. The monoisotopic (exact) mass is 445 g/mol. The van der Waals surface area contributed by atoms with E-state index in [1.165, 1.54) is 6.33 Å². The Bertz CT molecular complexity index is 1180. The van der Waals surface area contributed by atoms with Gasteiger partial charge in [-0.05, 0) is 41.8 Å². The zero-order valence-corrected chi connectivity index (χ0v) is 18.3. The average molecular weight is 445 g/mol. The smallest absolute Gasteiger partial charge is 0.257 e. The number of rotatable bonds is 5. The van der Waals surface area contributed by atoms with E-state index in [1.54, 1.807) is 12.1 Å². The first-order chi connectivity index (χ1) is 16.0. The van der Waals surface area contributed by atoms with Crippen LogP contribution < -0.4 is 5.43 Å².